The number of hydrogen-bond donors (Lipinski definition) is 1. The highest BCUT2D eigenvalue weighted by Crippen LogP contribution is 2.39. The molecule has 1 nitrogen and oxygen atoms in total. The fourth-order valence-electron chi connectivity index (χ4n) is 2.70. The fourth-order valence-corrected chi connectivity index (χ4v) is 2.90. The van der Waals surface area contributed by atoms with Gasteiger partial charge in [0, 0.05) is 12.0 Å². The van der Waals surface area contributed by atoms with Gasteiger partial charge < -0.3 is 5.73 Å². The lowest BCUT2D eigenvalue weighted by Crippen LogP contribution is -2.00. The summed E-state index contributed by atoms with van der Waals surface area (Å²) in [6.45, 7) is 8.00. The molecule has 1 aliphatic rings. The van der Waals surface area contributed by atoms with Crippen LogP contribution in [0.4, 0.5) is 0 Å². The fraction of sp³-hybridized carbons (Fsp3) is 0.455. The van der Waals surface area contributed by atoms with Gasteiger partial charge in [0.25, 0.3) is 0 Å². The molecule has 0 amide bonds. The third-order valence-electron chi connectivity index (χ3n) is 4.06. The van der Waals surface area contributed by atoms with Crippen molar-refractivity contribution in [3.05, 3.63) is 59.7 Å². The van der Waals surface area contributed by atoms with Gasteiger partial charge in [-0.15, -0.1) is 9.24 Å². The van der Waals surface area contributed by atoms with E-state index in [0.717, 1.165) is 19.0 Å². The van der Waals surface area contributed by atoms with Crippen LogP contribution in [0.2, 0.25) is 1.41 Å². The first kappa shape index (κ1) is 19.2. The smallest absolute Gasteiger partial charge is 0.119 e. The number of aryl methyl sites for hydroxylation is 1. The van der Waals surface area contributed by atoms with Crippen LogP contribution in [0, 0.1) is 0 Å². The van der Waals surface area contributed by atoms with Gasteiger partial charge in [-0.25, -0.2) is 0 Å². The molecule has 3 rings (SSSR count). The summed E-state index contributed by atoms with van der Waals surface area (Å²) in [6.07, 6.45) is 4.61. The molecule has 24 heavy (non-hydrogen) atoms. The molecule has 3 unspecified atom stereocenters. The minimum Gasteiger partial charge on any atom is -0.327 e. The first-order chi connectivity index (χ1) is 12.3. The van der Waals surface area contributed by atoms with E-state index in [-0.39, 0.29) is 0 Å². The average Bonchev–Trinajstić information content (AvgIpc) is 3.50. The second-order valence-electron chi connectivity index (χ2n) is 5.66. The van der Waals surface area contributed by atoms with Gasteiger partial charge in [0.05, 0.1) is 0 Å². The van der Waals surface area contributed by atoms with E-state index in [4.69, 9.17) is 1.41 Å². The lowest BCUT2D eigenvalue weighted by Gasteiger charge is -2.07. The van der Waals surface area contributed by atoms with E-state index in [0.29, 0.717) is 12.0 Å². The monoisotopic (exact) mass is 344 g/mol. The summed E-state index contributed by atoms with van der Waals surface area (Å²) in [4.78, 5) is 0. The van der Waals surface area contributed by atoms with Crippen molar-refractivity contribution < 1.29 is 1.41 Å². The van der Waals surface area contributed by atoms with Gasteiger partial charge in [0.2, 0.25) is 0 Å². The Labute approximate surface area is 152 Å². The Balaban J connectivity index is 0.000000730. The number of hydrogen-bond acceptors (Lipinski definition) is 1. The van der Waals surface area contributed by atoms with Crippen molar-refractivity contribution in [1.29, 1.82) is 0 Å². The zero-order chi connectivity index (χ0) is 18.7. The Morgan fingerprint density at radius 3 is 2.33 bits per heavy atom. The molecule has 0 aliphatic heterocycles. The Morgan fingerprint density at radius 1 is 1.04 bits per heavy atom. The number of nitrogens with two attached hydrogens (primary N) is 1. The summed E-state index contributed by atoms with van der Waals surface area (Å²) in [5, 5.41) is 0. The molecule has 1 aliphatic carbocycles. The Morgan fingerprint density at radius 2 is 1.75 bits per heavy atom. The van der Waals surface area contributed by atoms with Gasteiger partial charge in [0.1, 0.15) is 1.41 Å². The van der Waals surface area contributed by atoms with Crippen LogP contribution in [0.1, 0.15) is 57.6 Å². The first-order valence-corrected chi connectivity index (χ1v) is 10.2. The second-order valence-corrected chi connectivity index (χ2v) is 6.24. The molecule has 0 radical (unpaired) electrons. The van der Waals surface area contributed by atoms with Gasteiger partial charge >= 0.3 is 0 Å². The molecule has 2 aromatic rings. The van der Waals surface area contributed by atoms with Crippen LogP contribution in [0.15, 0.2) is 48.5 Å². The molecule has 0 spiro atoms. The van der Waals surface area contributed by atoms with Crippen LogP contribution < -0.4 is 5.73 Å². The largest absolute Gasteiger partial charge is 0.327 e. The van der Waals surface area contributed by atoms with E-state index in [2.05, 4.69) is 63.5 Å². The van der Waals surface area contributed by atoms with Gasteiger partial charge in [-0.3, -0.25) is 0 Å². The van der Waals surface area contributed by atoms with Crippen LogP contribution in [-0.2, 0) is 6.42 Å². The summed E-state index contributed by atoms with van der Waals surface area (Å²) in [7, 11) is 2.79. The van der Waals surface area contributed by atoms with E-state index >= 15 is 0 Å². The molecule has 3 atom stereocenters. The minimum atomic E-state index is 0.353. The predicted molar refractivity (Wildman–Crippen MR) is 113 cm³/mol. The Bertz CT molecular complexity index is 597. The van der Waals surface area contributed by atoms with E-state index in [1.165, 1.54) is 28.7 Å². The van der Waals surface area contributed by atoms with Crippen molar-refractivity contribution in [3.63, 3.8) is 0 Å². The molecule has 1 fully saturated rings. The van der Waals surface area contributed by atoms with Gasteiger partial charge in [0.15, 0.2) is 0 Å². The lowest BCUT2D eigenvalue weighted by atomic mass is 9.99. The first-order valence-electron chi connectivity index (χ1n) is 9.88. The van der Waals surface area contributed by atoms with Crippen molar-refractivity contribution >= 4 is 9.24 Å². The topological polar surface area (TPSA) is 26.0 Å². The summed E-state index contributed by atoms with van der Waals surface area (Å²) in [6, 6.07) is 18.1. The highest BCUT2D eigenvalue weighted by molar-refractivity contribution is 7.16. The van der Waals surface area contributed by atoms with E-state index < -0.39 is 0 Å². The highest BCUT2D eigenvalue weighted by atomic mass is 31.0. The molecule has 0 heterocycles. The molecule has 1 saturated carbocycles. The van der Waals surface area contributed by atoms with Crippen LogP contribution in [0.3, 0.4) is 0 Å². The Hall–Kier alpha value is -1.17. The standard InChI is InChI=1S/C18H22NP.2C2H6/c19-18-12-17(18)15-8-6-14(7-9-15)16-5-1-3-13(11-16)4-2-10-20;2*1-2/h1,3,5-9,11,17-18H,2,4,10,12,19-20H2;2*1-2H3/i/hD. The van der Waals surface area contributed by atoms with E-state index in [9.17, 15) is 0 Å². The number of rotatable bonds is 6. The van der Waals surface area contributed by atoms with Crippen LogP contribution in [-0.4, -0.2) is 12.2 Å². The zero-order valence-electron chi connectivity index (χ0n) is 16.7. The third-order valence-corrected chi connectivity index (χ3v) is 4.47. The molecule has 2 aromatic carbocycles. The highest BCUT2D eigenvalue weighted by Gasteiger charge is 2.34. The van der Waals surface area contributed by atoms with Crippen molar-refractivity contribution in [3.8, 4) is 11.1 Å². The quantitative estimate of drug-likeness (QED) is 0.636. The number of benzene rings is 2. The predicted octanol–water partition coefficient (Wildman–Crippen LogP) is 6.03. The van der Waals surface area contributed by atoms with Crippen molar-refractivity contribution in [2.45, 2.75) is 58.9 Å². The summed E-state index contributed by atoms with van der Waals surface area (Å²) in [5.74, 6) is 0.532. The third kappa shape index (κ3) is 6.04. The maximum absolute atomic E-state index is 7.20. The van der Waals surface area contributed by atoms with Crippen LogP contribution >= 0.6 is 9.24 Å². The summed E-state index contributed by atoms with van der Waals surface area (Å²) >= 11 is 0. The van der Waals surface area contributed by atoms with Crippen molar-refractivity contribution in [2.75, 3.05) is 6.16 Å². The molecule has 2 N–H and O–H groups in total. The van der Waals surface area contributed by atoms with Crippen LogP contribution in [0.5, 0.6) is 0 Å². The molecule has 0 saturated heterocycles. The van der Waals surface area contributed by atoms with Gasteiger partial charge in [-0.05, 0) is 47.7 Å². The average molecular weight is 345 g/mol. The Kier molecular flexibility index (Phi) is 9.10. The lowest BCUT2D eigenvalue weighted by molar-refractivity contribution is 0.934. The minimum absolute atomic E-state index is 0.353. The summed E-state index contributed by atoms with van der Waals surface area (Å²) < 4.78 is 7.20. The zero-order valence-corrected chi connectivity index (χ0v) is 16.8. The van der Waals surface area contributed by atoms with Crippen molar-refractivity contribution in [1.82, 2.24) is 0 Å². The van der Waals surface area contributed by atoms with Crippen LogP contribution in [0.25, 0.3) is 11.1 Å². The van der Waals surface area contributed by atoms with E-state index in [1.807, 2.05) is 27.7 Å². The van der Waals surface area contributed by atoms with Gasteiger partial charge in [-0.2, -0.15) is 0 Å². The SMILES string of the molecule is CC.CC.[2H]NC1CC1c1ccc(-c2cccc(CCCP)c2)cc1. The maximum Gasteiger partial charge on any atom is 0.119 e. The molecule has 2 heteroatoms. The normalized spacial score (nSPS) is 18.5. The molecular formula is C22H34NP. The van der Waals surface area contributed by atoms with Gasteiger partial charge in [-0.1, -0.05) is 76.2 Å². The van der Waals surface area contributed by atoms with E-state index in [1.54, 1.807) is 0 Å². The summed E-state index contributed by atoms with van der Waals surface area (Å²) in [5.41, 5.74) is 7.96. The molecule has 0 aromatic heterocycles. The molecule has 132 valence electrons. The molecule has 0 bridgehead atoms. The second kappa shape index (κ2) is 11.4. The maximum atomic E-state index is 7.20. The molecular weight excluding hydrogens is 309 g/mol. The van der Waals surface area contributed by atoms with Crippen molar-refractivity contribution in [2.24, 2.45) is 5.73 Å².